The van der Waals surface area contributed by atoms with Crippen molar-refractivity contribution in [1.82, 2.24) is 20.0 Å². The zero-order valence-corrected chi connectivity index (χ0v) is 13.1. The van der Waals surface area contributed by atoms with Crippen molar-refractivity contribution in [2.75, 3.05) is 6.54 Å². The molecule has 0 aliphatic heterocycles. The number of hydrogen-bond donors (Lipinski definition) is 2. The molecule has 1 aromatic rings. The zero-order chi connectivity index (χ0) is 16.0. The van der Waals surface area contributed by atoms with E-state index in [1.165, 1.54) is 0 Å². The van der Waals surface area contributed by atoms with Crippen molar-refractivity contribution in [3.8, 4) is 0 Å². The minimum absolute atomic E-state index is 0.0220. The molecule has 2 amide bonds. The van der Waals surface area contributed by atoms with Gasteiger partial charge >= 0.3 is 12.0 Å². The Kier molecular flexibility index (Phi) is 6.20. The van der Waals surface area contributed by atoms with Gasteiger partial charge in [-0.15, -0.1) is 0 Å². The fourth-order valence-corrected chi connectivity index (χ4v) is 1.98. The minimum atomic E-state index is -0.843. The average Bonchev–Trinajstić information content (AvgIpc) is 2.71. The number of nitrogens with zero attached hydrogens (tertiary/aromatic N) is 3. The van der Waals surface area contributed by atoms with Gasteiger partial charge in [-0.05, 0) is 27.2 Å². The first kappa shape index (κ1) is 17.0. The number of carboxylic acid groups (broad SMARTS) is 1. The van der Waals surface area contributed by atoms with E-state index >= 15 is 0 Å². The molecule has 0 bridgehead atoms. The van der Waals surface area contributed by atoms with Crippen molar-refractivity contribution >= 4 is 12.0 Å². The van der Waals surface area contributed by atoms with Crippen LogP contribution in [0.15, 0.2) is 6.20 Å². The van der Waals surface area contributed by atoms with Crippen molar-refractivity contribution in [1.29, 1.82) is 0 Å². The number of carboxylic acids is 1. The summed E-state index contributed by atoms with van der Waals surface area (Å²) in [6.45, 7) is 6.62. The first-order chi connectivity index (χ1) is 9.82. The monoisotopic (exact) mass is 296 g/mol. The van der Waals surface area contributed by atoms with Crippen molar-refractivity contribution < 1.29 is 14.7 Å². The maximum Gasteiger partial charge on any atom is 0.317 e. The third-order valence-corrected chi connectivity index (χ3v) is 3.44. The Morgan fingerprint density at radius 3 is 2.62 bits per heavy atom. The van der Waals surface area contributed by atoms with Gasteiger partial charge in [-0.25, -0.2) is 4.79 Å². The Hall–Kier alpha value is -2.05. The molecule has 0 saturated heterocycles. The third-order valence-electron chi connectivity index (χ3n) is 3.44. The molecule has 0 aromatic carbocycles. The summed E-state index contributed by atoms with van der Waals surface area (Å²) in [4.78, 5) is 24.4. The van der Waals surface area contributed by atoms with Crippen LogP contribution in [0.25, 0.3) is 0 Å². The number of carbonyl (C=O) groups is 2. The summed E-state index contributed by atoms with van der Waals surface area (Å²) in [5.74, 6) is -0.843. The highest BCUT2D eigenvalue weighted by atomic mass is 16.4. The molecule has 0 aliphatic carbocycles. The number of aliphatic carboxylic acids is 1. The first-order valence-corrected chi connectivity index (χ1v) is 7.06. The van der Waals surface area contributed by atoms with Gasteiger partial charge in [-0.1, -0.05) is 0 Å². The lowest BCUT2D eigenvalue weighted by atomic mass is 10.2. The molecule has 0 unspecified atom stereocenters. The van der Waals surface area contributed by atoms with E-state index < -0.39 is 5.97 Å². The maximum absolute atomic E-state index is 12.2. The predicted octanol–water partition coefficient (Wildman–Crippen LogP) is 1.51. The van der Waals surface area contributed by atoms with Crippen LogP contribution in [0.3, 0.4) is 0 Å². The molecule has 7 heteroatoms. The molecule has 1 aromatic heterocycles. The van der Waals surface area contributed by atoms with Crippen LogP contribution in [0.5, 0.6) is 0 Å². The van der Waals surface area contributed by atoms with Gasteiger partial charge in [-0.2, -0.15) is 5.10 Å². The molecule has 0 atom stereocenters. The summed E-state index contributed by atoms with van der Waals surface area (Å²) in [6.07, 6.45) is 2.25. The van der Waals surface area contributed by atoms with Crippen LogP contribution < -0.4 is 5.32 Å². The molecular formula is C14H24N4O3. The van der Waals surface area contributed by atoms with Crippen LogP contribution in [-0.4, -0.2) is 44.4 Å². The topological polar surface area (TPSA) is 87.5 Å². The molecule has 118 valence electrons. The minimum Gasteiger partial charge on any atom is -0.481 e. The summed E-state index contributed by atoms with van der Waals surface area (Å²) in [5, 5.41) is 15.6. The molecule has 0 saturated carbocycles. The number of rotatable bonds is 7. The Labute approximate surface area is 124 Å². The quantitative estimate of drug-likeness (QED) is 0.798. The van der Waals surface area contributed by atoms with Crippen LogP contribution in [-0.2, 0) is 18.4 Å². The van der Waals surface area contributed by atoms with Gasteiger partial charge in [0, 0.05) is 43.9 Å². The van der Waals surface area contributed by atoms with Crippen LogP contribution in [0.4, 0.5) is 4.79 Å². The molecule has 1 heterocycles. The van der Waals surface area contributed by atoms with Crippen molar-refractivity contribution in [2.45, 2.75) is 46.2 Å². The molecular weight excluding hydrogens is 272 g/mol. The predicted molar refractivity (Wildman–Crippen MR) is 78.9 cm³/mol. The lowest BCUT2D eigenvalue weighted by Crippen LogP contribution is -2.44. The van der Waals surface area contributed by atoms with E-state index in [2.05, 4.69) is 10.4 Å². The SMILES string of the molecule is Cc1c(CNC(=O)N(CCCC(=O)O)C(C)C)cnn1C. The van der Waals surface area contributed by atoms with E-state index in [1.54, 1.807) is 15.8 Å². The number of aryl methyl sites for hydroxylation is 1. The molecule has 7 nitrogen and oxygen atoms in total. The van der Waals surface area contributed by atoms with E-state index in [0.717, 1.165) is 11.3 Å². The smallest absolute Gasteiger partial charge is 0.317 e. The first-order valence-electron chi connectivity index (χ1n) is 7.06. The normalized spacial score (nSPS) is 10.7. The fraction of sp³-hybridized carbons (Fsp3) is 0.643. The zero-order valence-electron chi connectivity index (χ0n) is 13.1. The van der Waals surface area contributed by atoms with Gasteiger partial charge < -0.3 is 15.3 Å². The van der Waals surface area contributed by atoms with Gasteiger partial charge in [0.2, 0.25) is 0 Å². The van der Waals surface area contributed by atoms with Crippen LogP contribution in [0.1, 0.15) is 37.9 Å². The summed E-state index contributed by atoms with van der Waals surface area (Å²) in [6, 6.07) is -0.160. The molecule has 0 fully saturated rings. The lowest BCUT2D eigenvalue weighted by Gasteiger charge is -2.26. The molecule has 2 N–H and O–H groups in total. The van der Waals surface area contributed by atoms with Crippen LogP contribution in [0, 0.1) is 6.92 Å². The van der Waals surface area contributed by atoms with Crippen LogP contribution >= 0.6 is 0 Å². The second kappa shape index (κ2) is 7.66. The molecule has 1 rings (SSSR count). The Balaban J connectivity index is 2.53. The van der Waals surface area contributed by atoms with Gasteiger partial charge in [0.05, 0.1) is 6.20 Å². The number of aromatic nitrogens is 2. The highest BCUT2D eigenvalue weighted by molar-refractivity contribution is 5.74. The van der Waals surface area contributed by atoms with Crippen molar-refractivity contribution in [3.05, 3.63) is 17.5 Å². The maximum atomic E-state index is 12.2. The molecule has 0 radical (unpaired) electrons. The number of carbonyl (C=O) groups excluding carboxylic acids is 1. The largest absolute Gasteiger partial charge is 0.481 e. The number of nitrogens with one attached hydrogen (secondary N) is 1. The van der Waals surface area contributed by atoms with Gasteiger partial charge in [0.25, 0.3) is 0 Å². The van der Waals surface area contributed by atoms with Crippen molar-refractivity contribution in [3.63, 3.8) is 0 Å². The van der Waals surface area contributed by atoms with Gasteiger partial charge in [0.15, 0.2) is 0 Å². The highest BCUT2D eigenvalue weighted by Crippen LogP contribution is 2.07. The van der Waals surface area contributed by atoms with Crippen LogP contribution in [0.2, 0.25) is 0 Å². The molecule has 21 heavy (non-hydrogen) atoms. The summed E-state index contributed by atoms with van der Waals surface area (Å²) in [7, 11) is 1.85. The highest BCUT2D eigenvalue weighted by Gasteiger charge is 2.17. The van der Waals surface area contributed by atoms with Gasteiger partial charge in [-0.3, -0.25) is 9.48 Å². The lowest BCUT2D eigenvalue weighted by molar-refractivity contribution is -0.137. The number of hydrogen-bond acceptors (Lipinski definition) is 3. The Bertz CT molecular complexity index is 496. The van der Waals surface area contributed by atoms with E-state index in [1.807, 2.05) is 27.8 Å². The van der Waals surface area contributed by atoms with Crippen molar-refractivity contribution in [2.24, 2.45) is 7.05 Å². The third kappa shape index (κ3) is 5.09. The van der Waals surface area contributed by atoms with E-state index in [0.29, 0.717) is 19.5 Å². The fourth-order valence-electron chi connectivity index (χ4n) is 1.98. The van der Waals surface area contributed by atoms with Gasteiger partial charge in [0.1, 0.15) is 0 Å². The number of amides is 2. The number of urea groups is 1. The molecule has 0 aliphatic rings. The van der Waals surface area contributed by atoms with E-state index in [9.17, 15) is 9.59 Å². The summed E-state index contributed by atoms with van der Waals surface area (Å²) >= 11 is 0. The Morgan fingerprint density at radius 2 is 2.14 bits per heavy atom. The second-order valence-corrected chi connectivity index (χ2v) is 5.32. The van der Waals surface area contributed by atoms with E-state index in [-0.39, 0.29) is 18.5 Å². The van der Waals surface area contributed by atoms with E-state index in [4.69, 9.17) is 5.11 Å². The Morgan fingerprint density at radius 1 is 1.48 bits per heavy atom. The standard InChI is InChI=1S/C14H24N4O3/c1-10(2)18(7-5-6-13(19)20)14(21)15-8-12-9-16-17(4)11(12)3/h9-10H,5-8H2,1-4H3,(H,15,21)(H,19,20). The molecule has 0 spiro atoms. The second-order valence-electron chi connectivity index (χ2n) is 5.32. The summed E-state index contributed by atoms with van der Waals surface area (Å²) in [5.41, 5.74) is 1.98. The average molecular weight is 296 g/mol. The summed E-state index contributed by atoms with van der Waals surface area (Å²) < 4.78 is 1.76.